The summed E-state index contributed by atoms with van der Waals surface area (Å²) in [5, 5.41) is 8.84. The first-order chi connectivity index (χ1) is 9.50. The van der Waals surface area contributed by atoms with Crippen LogP contribution in [0.25, 0.3) is 0 Å². The molecular formula is C13H23NO5S. The van der Waals surface area contributed by atoms with Crippen molar-refractivity contribution in [2.75, 3.05) is 13.2 Å². The standard InChI is InChI=1S/C13H23NO5S/c15-13(16)11-4-2-1-3-5-12(11)14-20(17,18)10-6-8-19-9-7-10/h10-12,14H,1-9H2,(H,15,16). The molecule has 6 nitrogen and oxygen atoms in total. The lowest BCUT2D eigenvalue weighted by atomic mass is 9.96. The van der Waals surface area contributed by atoms with Crippen LogP contribution in [0.2, 0.25) is 0 Å². The molecule has 0 aromatic heterocycles. The number of hydrogen-bond acceptors (Lipinski definition) is 4. The van der Waals surface area contributed by atoms with E-state index in [-0.39, 0.29) is 0 Å². The number of hydrogen-bond donors (Lipinski definition) is 2. The van der Waals surface area contributed by atoms with Gasteiger partial charge in [0.15, 0.2) is 0 Å². The lowest BCUT2D eigenvalue weighted by Gasteiger charge is -2.27. The summed E-state index contributed by atoms with van der Waals surface area (Å²) in [6.45, 7) is 0.914. The number of sulfonamides is 1. The van der Waals surface area contributed by atoms with E-state index in [2.05, 4.69) is 4.72 Å². The van der Waals surface area contributed by atoms with Crippen LogP contribution in [-0.2, 0) is 19.6 Å². The van der Waals surface area contributed by atoms with Crippen LogP contribution in [0, 0.1) is 5.92 Å². The van der Waals surface area contributed by atoms with Crippen LogP contribution in [0.4, 0.5) is 0 Å². The Labute approximate surface area is 119 Å². The lowest BCUT2D eigenvalue weighted by molar-refractivity contribution is -0.142. The summed E-state index contributed by atoms with van der Waals surface area (Å²) in [7, 11) is -3.46. The molecule has 1 heterocycles. The minimum atomic E-state index is -3.46. The average molecular weight is 305 g/mol. The molecule has 2 atom stereocenters. The van der Waals surface area contributed by atoms with Gasteiger partial charge < -0.3 is 9.84 Å². The van der Waals surface area contributed by atoms with Gasteiger partial charge in [0.2, 0.25) is 10.0 Å². The Balaban J connectivity index is 2.06. The molecule has 1 saturated carbocycles. The molecule has 0 amide bonds. The Morgan fingerprint density at radius 2 is 1.70 bits per heavy atom. The first-order valence-corrected chi connectivity index (χ1v) is 8.87. The molecule has 1 saturated heterocycles. The second kappa shape index (κ2) is 6.87. The summed E-state index contributed by atoms with van der Waals surface area (Å²) >= 11 is 0. The third kappa shape index (κ3) is 3.93. The summed E-state index contributed by atoms with van der Waals surface area (Å²) in [6, 6.07) is -0.470. The maximum atomic E-state index is 12.4. The summed E-state index contributed by atoms with van der Waals surface area (Å²) < 4.78 is 32.6. The normalized spacial score (nSPS) is 29.8. The molecule has 0 bridgehead atoms. The predicted octanol–water partition coefficient (Wildman–Crippen LogP) is 1.12. The Bertz CT molecular complexity index is 430. The zero-order valence-corrected chi connectivity index (χ0v) is 12.4. The summed E-state index contributed by atoms with van der Waals surface area (Å²) in [5.41, 5.74) is 0. The number of aliphatic carboxylic acids is 1. The number of ether oxygens (including phenoxy) is 1. The fourth-order valence-electron chi connectivity index (χ4n) is 3.04. The number of carbonyl (C=O) groups is 1. The number of carboxylic acids is 1. The van der Waals surface area contributed by atoms with Gasteiger partial charge in [0.05, 0.1) is 11.2 Å². The molecule has 0 aromatic rings. The number of carboxylic acid groups (broad SMARTS) is 1. The van der Waals surface area contributed by atoms with Gasteiger partial charge >= 0.3 is 5.97 Å². The molecule has 2 aliphatic rings. The molecule has 2 N–H and O–H groups in total. The van der Waals surface area contributed by atoms with E-state index in [0.29, 0.717) is 38.9 Å². The Kier molecular flexibility index (Phi) is 5.40. The van der Waals surface area contributed by atoms with Gasteiger partial charge in [-0.25, -0.2) is 13.1 Å². The van der Waals surface area contributed by atoms with Crippen molar-refractivity contribution < 1.29 is 23.1 Å². The summed E-state index contributed by atoms with van der Waals surface area (Å²) in [4.78, 5) is 11.3. The highest BCUT2D eigenvalue weighted by molar-refractivity contribution is 7.90. The zero-order chi connectivity index (χ0) is 14.6. The molecule has 7 heteroatoms. The van der Waals surface area contributed by atoms with E-state index in [0.717, 1.165) is 19.3 Å². The van der Waals surface area contributed by atoms with Crippen LogP contribution >= 0.6 is 0 Å². The molecule has 0 spiro atoms. The maximum absolute atomic E-state index is 12.4. The Hall–Kier alpha value is -0.660. The molecule has 2 rings (SSSR count). The van der Waals surface area contributed by atoms with Gasteiger partial charge in [-0.15, -0.1) is 0 Å². The third-order valence-electron chi connectivity index (χ3n) is 4.26. The SMILES string of the molecule is O=C(O)C1CCCCCC1NS(=O)(=O)C1CCOCC1. The zero-order valence-electron chi connectivity index (χ0n) is 11.6. The van der Waals surface area contributed by atoms with Gasteiger partial charge in [-0.2, -0.15) is 0 Å². The van der Waals surface area contributed by atoms with Crippen molar-refractivity contribution in [3.05, 3.63) is 0 Å². The van der Waals surface area contributed by atoms with Crippen molar-refractivity contribution in [1.29, 1.82) is 0 Å². The molecule has 116 valence electrons. The van der Waals surface area contributed by atoms with Crippen LogP contribution in [0.5, 0.6) is 0 Å². The van der Waals surface area contributed by atoms with Gasteiger partial charge in [0.25, 0.3) is 0 Å². The van der Waals surface area contributed by atoms with E-state index in [1.807, 2.05) is 0 Å². The molecular weight excluding hydrogens is 282 g/mol. The molecule has 1 aliphatic carbocycles. The molecule has 0 aromatic carbocycles. The highest BCUT2D eigenvalue weighted by atomic mass is 32.2. The first-order valence-electron chi connectivity index (χ1n) is 7.32. The van der Waals surface area contributed by atoms with Crippen LogP contribution in [0.15, 0.2) is 0 Å². The van der Waals surface area contributed by atoms with Crippen molar-refractivity contribution in [3.8, 4) is 0 Å². The second-order valence-corrected chi connectivity index (χ2v) is 7.66. The number of rotatable bonds is 4. The topological polar surface area (TPSA) is 92.7 Å². The van der Waals surface area contributed by atoms with E-state index in [9.17, 15) is 18.3 Å². The van der Waals surface area contributed by atoms with E-state index in [1.165, 1.54) is 0 Å². The predicted molar refractivity (Wildman–Crippen MR) is 73.9 cm³/mol. The minimum absolute atomic E-state index is 0.450. The number of nitrogens with one attached hydrogen (secondary N) is 1. The van der Waals surface area contributed by atoms with E-state index < -0.39 is 33.2 Å². The largest absolute Gasteiger partial charge is 0.481 e. The second-order valence-electron chi connectivity index (χ2n) is 5.66. The fraction of sp³-hybridized carbons (Fsp3) is 0.923. The molecule has 2 fully saturated rings. The van der Waals surface area contributed by atoms with E-state index in [1.54, 1.807) is 0 Å². The molecule has 0 radical (unpaired) electrons. The lowest BCUT2D eigenvalue weighted by Crippen LogP contribution is -2.47. The minimum Gasteiger partial charge on any atom is -0.481 e. The highest BCUT2D eigenvalue weighted by Crippen LogP contribution is 2.26. The van der Waals surface area contributed by atoms with Gasteiger partial charge in [-0.1, -0.05) is 19.3 Å². The maximum Gasteiger partial charge on any atom is 0.308 e. The van der Waals surface area contributed by atoms with Gasteiger partial charge in [-0.05, 0) is 25.7 Å². The Morgan fingerprint density at radius 3 is 2.35 bits per heavy atom. The van der Waals surface area contributed by atoms with Crippen molar-refractivity contribution in [2.45, 2.75) is 56.2 Å². The summed E-state index contributed by atoms with van der Waals surface area (Å²) in [6.07, 6.45) is 4.84. The Morgan fingerprint density at radius 1 is 1.05 bits per heavy atom. The first kappa shape index (κ1) is 15.7. The quantitative estimate of drug-likeness (QED) is 0.759. The summed E-state index contributed by atoms with van der Waals surface area (Å²) in [5.74, 6) is -1.50. The van der Waals surface area contributed by atoms with Crippen LogP contribution in [0.1, 0.15) is 44.9 Å². The van der Waals surface area contributed by atoms with Crippen LogP contribution in [0.3, 0.4) is 0 Å². The van der Waals surface area contributed by atoms with E-state index in [4.69, 9.17) is 4.74 Å². The smallest absolute Gasteiger partial charge is 0.308 e. The van der Waals surface area contributed by atoms with Gasteiger partial charge in [-0.3, -0.25) is 4.79 Å². The highest BCUT2D eigenvalue weighted by Gasteiger charge is 2.35. The molecule has 1 aliphatic heterocycles. The molecule has 2 unspecified atom stereocenters. The van der Waals surface area contributed by atoms with Crippen LogP contribution < -0.4 is 4.72 Å². The molecule has 20 heavy (non-hydrogen) atoms. The van der Waals surface area contributed by atoms with Crippen molar-refractivity contribution in [3.63, 3.8) is 0 Å². The fourth-order valence-corrected chi connectivity index (χ4v) is 4.75. The van der Waals surface area contributed by atoms with E-state index >= 15 is 0 Å². The van der Waals surface area contributed by atoms with Gasteiger partial charge in [0.1, 0.15) is 0 Å². The average Bonchev–Trinajstić information content (AvgIpc) is 2.65. The monoisotopic (exact) mass is 305 g/mol. The van der Waals surface area contributed by atoms with Crippen molar-refractivity contribution in [2.24, 2.45) is 5.92 Å². The van der Waals surface area contributed by atoms with Crippen LogP contribution in [-0.4, -0.2) is 44.0 Å². The van der Waals surface area contributed by atoms with Gasteiger partial charge in [0, 0.05) is 19.3 Å². The van der Waals surface area contributed by atoms with Crippen molar-refractivity contribution >= 4 is 16.0 Å². The van der Waals surface area contributed by atoms with Crippen molar-refractivity contribution in [1.82, 2.24) is 4.72 Å². The third-order valence-corrected chi connectivity index (χ3v) is 6.24.